The van der Waals surface area contributed by atoms with E-state index in [1.54, 1.807) is 0 Å². The van der Waals surface area contributed by atoms with Gasteiger partial charge in [-0.25, -0.2) is 8.42 Å². The van der Waals surface area contributed by atoms with Gasteiger partial charge in [0.1, 0.15) is 0 Å². The number of hydrogen-bond acceptors (Lipinski definition) is 5. The van der Waals surface area contributed by atoms with Crippen molar-refractivity contribution in [3.8, 4) is 0 Å². The smallest absolute Gasteiger partial charge is 0.237 e. The van der Waals surface area contributed by atoms with E-state index < -0.39 is 9.84 Å². The lowest BCUT2D eigenvalue weighted by atomic mass is 10.1. The van der Waals surface area contributed by atoms with Gasteiger partial charge >= 0.3 is 0 Å². The quantitative estimate of drug-likeness (QED) is 0.659. The minimum Gasteiger partial charge on any atom is -0.377 e. The molecule has 0 spiro atoms. The van der Waals surface area contributed by atoms with Crippen molar-refractivity contribution < 1.29 is 17.9 Å². The third-order valence-corrected chi connectivity index (χ3v) is 7.42. The highest BCUT2D eigenvalue weighted by atomic mass is 32.2. The highest BCUT2D eigenvalue weighted by Crippen LogP contribution is 2.22. The van der Waals surface area contributed by atoms with Gasteiger partial charge in [-0.05, 0) is 38.7 Å². The third kappa shape index (κ3) is 5.78. The van der Waals surface area contributed by atoms with Gasteiger partial charge in [0, 0.05) is 31.8 Å². The van der Waals surface area contributed by atoms with Gasteiger partial charge in [-0.3, -0.25) is 9.69 Å². The summed E-state index contributed by atoms with van der Waals surface area (Å²) in [5.41, 5.74) is 1.10. The summed E-state index contributed by atoms with van der Waals surface area (Å²) in [6.07, 6.45) is 2.70. The molecular weight excluding hydrogens is 376 g/mol. The predicted molar refractivity (Wildman–Crippen MR) is 110 cm³/mol. The second-order valence-corrected chi connectivity index (χ2v) is 10.5. The topological polar surface area (TPSA) is 66.9 Å². The minimum atomic E-state index is -3.00. The summed E-state index contributed by atoms with van der Waals surface area (Å²) in [4.78, 5) is 17.1. The first-order chi connectivity index (χ1) is 13.3. The molecule has 0 aliphatic carbocycles. The predicted octanol–water partition coefficient (Wildman–Crippen LogP) is 2.09. The monoisotopic (exact) mass is 408 g/mol. The summed E-state index contributed by atoms with van der Waals surface area (Å²) in [5, 5.41) is 0. The van der Waals surface area contributed by atoms with E-state index in [1.165, 1.54) is 0 Å². The molecule has 1 amide bonds. The molecule has 0 bridgehead atoms. The normalized spacial score (nSPS) is 24.1. The van der Waals surface area contributed by atoms with Gasteiger partial charge in [-0.15, -0.1) is 0 Å². The zero-order chi connectivity index (χ0) is 20.1. The van der Waals surface area contributed by atoms with Crippen LogP contribution < -0.4 is 0 Å². The first-order valence-electron chi connectivity index (χ1n) is 10.2. The van der Waals surface area contributed by atoms with Gasteiger partial charge in [-0.1, -0.05) is 30.3 Å². The Hall–Kier alpha value is -1.44. The van der Waals surface area contributed by atoms with Gasteiger partial charge in [0.15, 0.2) is 9.84 Å². The van der Waals surface area contributed by atoms with E-state index in [9.17, 15) is 13.2 Å². The molecule has 2 atom stereocenters. The molecular formula is C21H32N2O4S. The van der Waals surface area contributed by atoms with E-state index in [0.29, 0.717) is 19.5 Å². The third-order valence-electron chi connectivity index (χ3n) is 5.66. The van der Waals surface area contributed by atoms with Gasteiger partial charge < -0.3 is 9.64 Å². The van der Waals surface area contributed by atoms with Crippen LogP contribution in [0, 0.1) is 0 Å². The molecule has 2 heterocycles. The molecule has 0 radical (unpaired) electrons. The molecule has 2 aliphatic heterocycles. The maximum Gasteiger partial charge on any atom is 0.237 e. The van der Waals surface area contributed by atoms with Crippen LogP contribution in [0.15, 0.2) is 30.3 Å². The lowest BCUT2D eigenvalue weighted by Crippen LogP contribution is -2.49. The molecule has 28 heavy (non-hydrogen) atoms. The SMILES string of the molecule is CC(C)N(Cc1ccccc1)C(=O)CN(CC1CCCO1)C1CCS(=O)(=O)C1. The Bertz CT molecular complexity index is 745. The molecule has 2 fully saturated rings. The van der Waals surface area contributed by atoms with Crippen LogP contribution in [-0.4, -0.2) is 73.5 Å². The van der Waals surface area contributed by atoms with Crippen LogP contribution in [0.5, 0.6) is 0 Å². The summed E-state index contributed by atoms with van der Waals surface area (Å²) in [5.74, 6) is 0.403. The van der Waals surface area contributed by atoms with Crippen LogP contribution in [0.3, 0.4) is 0 Å². The van der Waals surface area contributed by atoms with Crippen molar-refractivity contribution in [2.24, 2.45) is 0 Å². The second kappa shape index (κ2) is 9.37. The highest BCUT2D eigenvalue weighted by Gasteiger charge is 2.35. The Morgan fingerprint density at radius 1 is 1.21 bits per heavy atom. The lowest BCUT2D eigenvalue weighted by Gasteiger charge is -2.34. The molecule has 0 saturated carbocycles. The molecule has 0 aromatic heterocycles. The van der Waals surface area contributed by atoms with E-state index in [2.05, 4.69) is 4.90 Å². The molecule has 2 saturated heterocycles. The van der Waals surface area contributed by atoms with E-state index in [1.807, 2.05) is 49.1 Å². The summed E-state index contributed by atoms with van der Waals surface area (Å²) in [7, 11) is -3.00. The number of carbonyl (C=O) groups excluding carboxylic acids is 1. The Morgan fingerprint density at radius 3 is 2.54 bits per heavy atom. The minimum absolute atomic E-state index is 0.0427. The lowest BCUT2D eigenvalue weighted by molar-refractivity contribution is -0.135. The van der Waals surface area contributed by atoms with E-state index in [4.69, 9.17) is 4.74 Å². The van der Waals surface area contributed by atoms with Gasteiger partial charge in [0.2, 0.25) is 5.91 Å². The van der Waals surface area contributed by atoms with Crippen molar-refractivity contribution in [3.63, 3.8) is 0 Å². The molecule has 156 valence electrons. The Balaban J connectivity index is 1.70. The fraction of sp³-hybridized carbons (Fsp3) is 0.667. The van der Waals surface area contributed by atoms with Crippen LogP contribution in [0.25, 0.3) is 0 Å². The standard InChI is InChI=1S/C21H32N2O4S/c1-17(2)23(13-18-7-4-3-5-8-18)21(24)15-22(14-20-9-6-11-27-20)19-10-12-28(25,26)16-19/h3-5,7-8,17,19-20H,6,9-16H2,1-2H3. The number of nitrogens with zero attached hydrogens (tertiary/aromatic N) is 2. The van der Waals surface area contributed by atoms with Crippen molar-refractivity contribution >= 4 is 15.7 Å². The van der Waals surface area contributed by atoms with Crippen molar-refractivity contribution in [1.29, 1.82) is 0 Å². The van der Waals surface area contributed by atoms with Gasteiger partial charge in [-0.2, -0.15) is 0 Å². The van der Waals surface area contributed by atoms with Crippen LogP contribution in [0.2, 0.25) is 0 Å². The van der Waals surface area contributed by atoms with Crippen LogP contribution in [0.4, 0.5) is 0 Å². The van der Waals surface area contributed by atoms with Crippen LogP contribution >= 0.6 is 0 Å². The summed E-state index contributed by atoms with van der Waals surface area (Å²) < 4.78 is 29.8. The summed E-state index contributed by atoms with van der Waals surface area (Å²) in [6, 6.07) is 9.95. The maximum atomic E-state index is 13.2. The molecule has 3 rings (SSSR count). The molecule has 1 aromatic carbocycles. The molecule has 7 heteroatoms. The Labute approximate surface area is 168 Å². The number of ether oxygens (including phenoxy) is 1. The Kier molecular flexibility index (Phi) is 7.12. The first kappa shape index (κ1) is 21.3. The Morgan fingerprint density at radius 2 is 1.96 bits per heavy atom. The summed E-state index contributed by atoms with van der Waals surface area (Å²) >= 11 is 0. The summed E-state index contributed by atoms with van der Waals surface area (Å²) in [6.45, 7) is 6.22. The van der Waals surface area contributed by atoms with Gasteiger partial charge in [0.25, 0.3) is 0 Å². The average molecular weight is 409 g/mol. The molecule has 2 unspecified atom stereocenters. The van der Waals surface area contributed by atoms with Crippen molar-refractivity contribution in [2.45, 2.75) is 57.8 Å². The van der Waals surface area contributed by atoms with Crippen molar-refractivity contribution in [2.75, 3.05) is 31.2 Å². The molecule has 0 N–H and O–H groups in total. The van der Waals surface area contributed by atoms with E-state index in [0.717, 1.165) is 25.0 Å². The van der Waals surface area contributed by atoms with Crippen molar-refractivity contribution in [3.05, 3.63) is 35.9 Å². The molecule has 6 nitrogen and oxygen atoms in total. The number of amides is 1. The number of hydrogen-bond donors (Lipinski definition) is 0. The first-order valence-corrected chi connectivity index (χ1v) is 12.1. The van der Waals surface area contributed by atoms with Crippen molar-refractivity contribution in [1.82, 2.24) is 9.80 Å². The highest BCUT2D eigenvalue weighted by molar-refractivity contribution is 7.91. The maximum absolute atomic E-state index is 13.2. The fourth-order valence-corrected chi connectivity index (χ4v) is 5.82. The number of carbonyl (C=O) groups is 1. The van der Waals surface area contributed by atoms with Crippen LogP contribution in [-0.2, 0) is 25.9 Å². The zero-order valence-corrected chi connectivity index (χ0v) is 17.7. The van der Waals surface area contributed by atoms with E-state index in [-0.39, 0.29) is 42.1 Å². The molecule has 1 aromatic rings. The van der Waals surface area contributed by atoms with Crippen LogP contribution in [0.1, 0.15) is 38.7 Å². The van der Waals surface area contributed by atoms with Gasteiger partial charge in [0.05, 0.1) is 24.2 Å². The molecule has 2 aliphatic rings. The second-order valence-electron chi connectivity index (χ2n) is 8.22. The van der Waals surface area contributed by atoms with E-state index >= 15 is 0 Å². The zero-order valence-electron chi connectivity index (χ0n) is 16.9. The average Bonchev–Trinajstić information content (AvgIpc) is 3.28. The largest absolute Gasteiger partial charge is 0.377 e. The fourth-order valence-electron chi connectivity index (χ4n) is 4.06. The number of benzene rings is 1. The number of sulfone groups is 1. The number of rotatable bonds is 8.